The fourth-order valence-corrected chi connectivity index (χ4v) is 6.19. The monoisotopic (exact) mass is 437 g/mol. The van der Waals surface area contributed by atoms with Crippen molar-refractivity contribution in [2.45, 2.75) is 19.9 Å². The number of thiophene rings is 1. The molecule has 4 aromatic rings. The van der Waals surface area contributed by atoms with Gasteiger partial charge in [0, 0.05) is 29.1 Å². The van der Waals surface area contributed by atoms with Crippen LogP contribution in [0.4, 0.5) is 9.39 Å². The lowest BCUT2D eigenvalue weighted by Gasteiger charge is -2.25. The topological polar surface area (TPSA) is 45.2 Å². The normalized spacial score (nSPS) is 14.1. The van der Waals surface area contributed by atoms with Gasteiger partial charge in [0.05, 0.1) is 10.2 Å². The molecule has 5 rings (SSSR count). The first-order valence-corrected chi connectivity index (χ1v) is 11.6. The van der Waals surface area contributed by atoms with E-state index in [9.17, 15) is 9.18 Å². The maximum Gasteiger partial charge on any atom is 0.256 e. The van der Waals surface area contributed by atoms with Crippen molar-refractivity contribution in [3.63, 3.8) is 0 Å². The first-order valence-electron chi connectivity index (χ1n) is 9.92. The van der Waals surface area contributed by atoms with Crippen LogP contribution < -0.4 is 5.32 Å². The highest BCUT2D eigenvalue weighted by Crippen LogP contribution is 2.45. The zero-order valence-electron chi connectivity index (χ0n) is 16.4. The molecule has 0 radical (unpaired) electrons. The van der Waals surface area contributed by atoms with Gasteiger partial charge in [-0.15, -0.1) is 22.7 Å². The first kappa shape index (κ1) is 19.4. The van der Waals surface area contributed by atoms with Gasteiger partial charge in [-0.25, -0.2) is 9.37 Å². The van der Waals surface area contributed by atoms with E-state index in [-0.39, 0.29) is 11.7 Å². The summed E-state index contributed by atoms with van der Waals surface area (Å²) < 4.78 is 14.4. The first-order chi connectivity index (χ1) is 14.6. The Morgan fingerprint density at radius 2 is 1.97 bits per heavy atom. The average molecular weight is 438 g/mol. The SMILES string of the molecule is CCN1CCc2c(sc(NC(=O)c3ccc(F)cc3)c2-c2nc3ccccc3s2)C1. The second-order valence-corrected chi connectivity index (χ2v) is 9.41. The summed E-state index contributed by atoms with van der Waals surface area (Å²) in [7, 11) is 0. The molecule has 1 N–H and O–H groups in total. The molecule has 4 nitrogen and oxygen atoms in total. The molecule has 1 aliphatic rings. The van der Waals surface area contributed by atoms with Crippen LogP contribution >= 0.6 is 22.7 Å². The van der Waals surface area contributed by atoms with Crippen molar-refractivity contribution in [3.05, 3.63) is 70.4 Å². The van der Waals surface area contributed by atoms with Gasteiger partial charge in [0.2, 0.25) is 0 Å². The van der Waals surface area contributed by atoms with E-state index >= 15 is 0 Å². The molecule has 1 aliphatic heterocycles. The third-order valence-electron chi connectivity index (χ3n) is 5.42. The molecular formula is C23H20FN3OS2. The molecule has 7 heteroatoms. The number of thiazole rings is 1. The standard InChI is InChI=1S/C23H20FN3OS2/c1-2-27-12-11-16-19(13-27)30-23(26-21(28)14-7-9-15(24)10-8-14)20(16)22-25-17-5-3-4-6-18(17)29-22/h3-10H,2,11-13H2,1H3,(H,26,28). The quantitative estimate of drug-likeness (QED) is 0.439. The van der Waals surface area contributed by atoms with Gasteiger partial charge in [0.15, 0.2) is 0 Å². The second kappa shape index (κ2) is 7.91. The maximum atomic E-state index is 13.2. The van der Waals surface area contributed by atoms with Gasteiger partial charge in [-0.1, -0.05) is 19.1 Å². The highest BCUT2D eigenvalue weighted by molar-refractivity contribution is 7.23. The Kier molecular flexibility index (Phi) is 5.10. The number of rotatable bonds is 4. The molecular weight excluding hydrogens is 417 g/mol. The number of amides is 1. The lowest BCUT2D eigenvalue weighted by atomic mass is 10.0. The number of fused-ring (bicyclic) bond motifs is 2. The Bertz CT molecular complexity index is 1200. The van der Waals surface area contributed by atoms with Crippen molar-refractivity contribution in [1.29, 1.82) is 0 Å². The fourth-order valence-electron chi connectivity index (χ4n) is 3.80. The van der Waals surface area contributed by atoms with E-state index in [1.54, 1.807) is 22.7 Å². The summed E-state index contributed by atoms with van der Waals surface area (Å²) in [6, 6.07) is 13.7. The molecule has 2 aromatic heterocycles. The van der Waals surface area contributed by atoms with Crippen LogP contribution in [0.5, 0.6) is 0 Å². The largest absolute Gasteiger partial charge is 0.313 e. The highest BCUT2D eigenvalue weighted by atomic mass is 32.1. The minimum Gasteiger partial charge on any atom is -0.313 e. The maximum absolute atomic E-state index is 13.2. The molecule has 152 valence electrons. The van der Waals surface area contributed by atoms with Gasteiger partial charge in [-0.2, -0.15) is 0 Å². The van der Waals surface area contributed by atoms with Crippen molar-refractivity contribution in [3.8, 4) is 10.6 Å². The summed E-state index contributed by atoms with van der Waals surface area (Å²) in [5, 5.41) is 4.85. The van der Waals surface area contributed by atoms with Crippen molar-refractivity contribution in [1.82, 2.24) is 9.88 Å². The Hall–Kier alpha value is -2.61. The third kappa shape index (κ3) is 3.53. The van der Waals surface area contributed by atoms with Crippen molar-refractivity contribution in [2.24, 2.45) is 0 Å². The highest BCUT2D eigenvalue weighted by Gasteiger charge is 2.27. The fraction of sp³-hybridized carbons (Fsp3) is 0.217. The molecule has 0 saturated heterocycles. The van der Waals surface area contributed by atoms with E-state index in [1.165, 1.54) is 34.7 Å². The number of likely N-dealkylation sites (N-methyl/N-ethyl adjacent to an activating group) is 1. The molecule has 0 fully saturated rings. The predicted molar refractivity (Wildman–Crippen MR) is 122 cm³/mol. The minimum atomic E-state index is -0.354. The van der Waals surface area contributed by atoms with Gasteiger partial charge in [-0.05, 0) is 54.9 Å². The van der Waals surface area contributed by atoms with Crippen LogP contribution in [0, 0.1) is 5.82 Å². The molecule has 0 spiro atoms. The Balaban J connectivity index is 1.58. The summed E-state index contributed by atoms with van der Waals surface area (Å²) in [4.78, 5) is 21.4. The summed E-state index contributed by atoms with van der Waals surface area (Å²) in [5.74, 6) is -0.587. The number of anilines is 1. The zero-order chi connectivity index (χ0) is 20.7. The van der Waals surface area contributed by atoms with E-state index in [1.807, 2.05) is 18.2 Å². The van der Waals surface area contributed by atoms with Crippen LogP contribution in [0.2, 0.25) is 0 Å². The zero-order valence-corrected chi connectivity index (χ0v) is 18.1. The Morgan fingerprint density at radius 1 is 1.17 bits per heavy atom. The molecule has 2 aromatic carbocycles. The van der Waals surface area contributed by atoms with E-state index < -0.39 is 0 Å². The van der Waals surface area contributed by atoms with Crippen LogP contribution in [0.25, 0.3) is 20.8 Å². The smallest absolute Gasteiger partial charge is 0.256 e. The van der Waals surface area contributed by atoms with Gasteiger partial charge < -0.3 is 5.32 Å². The number of nitrogens with one attached hydrogen (secondary N) is 1. The number of aromatic nitrogens is 1. The predicted octanol–water partition coefficient (Wildman–Crippen LogP) is 5.79. The number of hydrogen-bond donors (Lipinski definition) is 1. The second-order valence-electron chi connectivity index (χ2n) is 7.27. The average Bonchev–Trinajstić information content (AvgIpc) is 3.33. The van der Waals surface area contributed by atoms with Crippen molar-refractivity contribution in [2.75, 3.05) is 18.4 Å². The summed E-state index contributed by atoms with van der Waals surface area (Å²) >= 11 is 3.29. The van der Waals surface area contributed by atoms with Crippen molar-refractivity contribution >= 4 is 43.8 Å². The van der Waals surface area contributed by atoms with Crippen LogP contribution in [-0.4, -0.2) is 28.9 Å². The molecule has 1 amide bonds. The number of hydrogen-bond acceptors (Lipinski definition) is 5. The summed E-state index contributed by atoms with van der Waals surface area (Å²) in [6.07, 6.45) is 0.942. The van der Waals surface area contributed by atoms with E-state index in [4.69, 9.17) is 4.98 Å². The lowest BCUT2D eigenvalue weighted by molar-refractivity contribution is 0.102. The Morgan fingerprint density at radius 3 is 2.73 bits per heavy atom. The molecule has 30 heavy (non-hydrogen) atoms. The number of benzene rings is 2. The number of nitrogens with zero attached hydrogens (tertiary/aromatic N) is 2. The molecule has 0 atom stereocenters. The summed E-state index contributed by atoms with van der Waals surface area (Å²) in [6.45, 7) is 5.07. The van der Waals surface area contributed by atoms with Crippen LogP contribution in [-0.2, 0) is 13.0 Å². The number of halogens is 1. The van der Waals surface area contributed by atoms with Crippen LogP contribution in [0.15, 0.2) is 48.5 Å². The molecule has 3 heterocycles. The lowest BCUT2D eigenvalue weighted by Crippen LogP contribution is -2.29. The Labute approximate surface area is 182 Å². The molecule has 0 saturated carbocycles. The number of carbonyl (C=O) groups excluding carboxylic acids is 1. The molecule has 0 aliphatic carbocycles. The van der Waals surface area contributed by atoms with Crippen molar-refractivity contribution < 1.29 is 9.18 Å². The molecule has 0 unspecified atom stereocenters. The van der Waals surface area contributed by atoms with Crippen LogP contribution in [0.3, 0.4) is 0 Å². The van der Waals surface area contributed by atoms with E-state index in [0.717, 1.165) is 51.8 Å². The number of para-hydroxylation sites is 1. The van der Waals surface area contributed by atoms with Gasteiger partial charge in [0.1, 0.15) is 15.8 Å². The third-order valence-corrected chi connectivity index (χ3v) is 7.61. The van der Waals surface area contributed by atoms with E-state index in [2.05, 4.69) is 23.2 Å². The molecule has 0 bridgehead atoms. The number of carbonyl (C=O) groups is 1. The van der Waals surface area contributed by atoms with E-state index in [0.29, 0.717) is 5.56 Å². The summed E-state index contributed by atoms with van der Waals surface area (Å²) in [5.41, 5.74) is 3.74. The van der Waals surface area contributed by atoms with Gasteiger partial charge >= 0.3 is 0 Å². The van der Waals surface area contributed by atoms with Crippen LogP contribution in [0.1, 0.15) is 27.7 Å². The van der Waals surface area contributed by atoms with Gasteiger partial charge in [-0.3, -0.25) is 9.69 Å². The van der Waals surface area contributed by atoms with Gasteiger partial charge in [0.25, 0.3) is 5.91 Å². The minimum absolute atomic E-state index is 0.233.